The zero-order valence-electron chi connectivity index (χ0n) is 14.4. The zero-order valence-corrected chi connectivity index (χ0v) is 14.4. The molecule has 0 aliphatic carbocycles. The molecule has 1 fully saturated rings. The highest BCUT2D eigenvalue weighted by atomic mass is 16.5. The van der Waals surface area contributed by atoms with Gasteiger partial charge in [-0.2, -0.15) is 5.10 Å². The molecule has 1 aliphatic heterocycles. The Morgan fingerprint density at radius 1 is 1.17 bits per heavy atom. The molecule has 23 heavy (non-hydrogen) atoms. The van der Waals surface area contributed by atoms with Crippen molar-refractivity contribution in [3.05, 3.63) is 22.8 Å². The molecule has 0 spiro atoms. The standard InChI is InChI=1S/C17H25N5O/c1-5-14-19-16(15-11(3)21-22-12(15)4)10(2)17(20-14)18-13-6-8-23-9-7-13/h13H,5-9H2,1-4H3,(H,21,22)(H,18,19,20). The van der Waals surface area contributed by atoms with Crippen LogP contribution in [-0.4, -0.2) is 39.4 Å². The summed E-state index contributed by atoms with van der Waals surface area (Å²) in [4.78, 5) is 9.49. The molecule has 1 aliphatic rings. The van der Waals surface area contributed by atoms with E-state index in [4.69, 9.17) is 14.7 Å². The van der Waals surface area contributed by atoms with Crippen LogP contribution in [0.4, 0.5) is 5.82 Å². The number of aryl methyl sites for hydroxylation is 3. The molecule has 2 N–H and O–H groups in total. The van der Waals surface area contributed by atoms with Gasteiger partial charge in [0.05, 0.1) is 11.4 Å². The Labute approximate surface area is 137 Å². The minimum absolute atomic E-state index is 0.418. The van der Waals surface area contributed by atoms with Crippen molar-refractivity contribution in [3.8, 4) is 11.3 Å². The smallest absolute Gasteiger partial charge is 0.133 e. The maximum absolute atomic E-state index is 5.44. The van der Waals surface area contributed by atoms with Crippen molar-refractivity contribution in [2.45, 2.75) is 53.0 Å². The van der Waals surface area contributed by atoms with Gasteiger partial charge in [0.25, 0.3) is 0 Å². The minimum atomic E-state index is 0.418. The van der Waals surface area contributed by atoms with Gasteiger partial charge in [-0.25, -0.2) is 9.97 Å². The van der Waals surface area contributed by atoms with Gasteiger partial charge in [0, 0.05) is 42.5 Å². The van der Waals surface area contributed by atoms with E-state index in [0.717, 1.165) is 72.3 Å². The highest BCUT2D eigenvalue weighted by Crippen LogP contribution is 2.30. The van der Waals surface area contributed by atoms with Crippen LogP contribution >= 0.6 is 0 Å². The monoisotopic (exact) mass is 315 g/mol. The lowest BCUT2D eigenvalue weighted by Gasteiger charge is -2.25. The van der Waals surface area contributed by atoms with Crippen molar-refractivity contribution in [2.24, 2.45) is 0 Å². The van der Waals surface area contributed by atoms with Gasteiger partial charge in [0.2, 0.25) is 0 Å². The molecule has 0 atom stereocenters. The predicted molar refractivity (Wildman–Crippen MR) is 90.7 cm³/mol. The van der Waals surface area contributed by atoms with Crippen LogP contribution in [0, 0.1) is 20.8 Å². The number of ether oxygens (including phenoxy) is 1. The molecular weight excluding hydrogens is 290 g/mol. The number of hydrogen-bond acceptors (Lipinski definition) is 5. The Hall–Kier alpha value is -1.95. The molecule has 6 nitrogen and oxygen atoms in total. The molecule has 0 saturated carbocycles. The molecule has 124 valence electrons. The summed E-state index contributed by atoms with van der Waals surface area (Å²) >= 11 is 0. The zero-order chi connectivity index (χ0) is 16.4. The molecule has 2 aromatic rings. The first-order chi connectivity index (χ1) is 11.1. The van der Waals surface area contributed by atoms with Crippen LogP contribution in [0.2, 0.25) is 0 Å². The second-order valence-corrected chi connectivity index (χ2v) is 6.16. The maximum Gasteiger partial charge on any atom is 0.133 e. The highest BCUT2D eigenvalue weighted by molar-refractivity contribution is 5.71. The lowest BCUT2D eigenvalue weighted by atomic mass is 10.0. The number of H-pyrrole nitrogens is 1. The molecular formula is C17H25N5O. The van der Waals surface area contributed by atoms with E-state index in [2.05, 4.69) is 29.4 Å². The number of nitrogens with one attached hydrogen (secondary N) is 2. The van der Waals surface area contributed by atoms with Crippen molar-refractivity contribution >= 4 is 5.82 Å². The molecule has 2 aromatic heterocycles. The lowest BCUT2D eigenvalue weighted by molar-refractivity contribution is 0.0903. The van der Waals surface area contributed by atoms with Gasteiger partial charge in [-0.05, 0) is 33.6 Å². The largest absolute Gasteiger partial charge is 0.381 e. The fourth-order valence-electron chi connectivity index (χ4n) is 3.04. The van der Waals surface area contributed by atoms with Crippen LogP contribution in [0.5, 0.6) is 0 Å². The first kappa shape index (κ1) is 15.9. The summed E-state index contributed by atoms with van der Waals surface area (Å²) in [6, 6.07) is 0.418. The SMILES string of the molecule is CCc1nc(NC2CCOCC2)c(C)c(-c2c(C)n[nH]c2C)n1. The summed E-state index contributed by atoms with van der Waals surface area (Å²) in [5.74, 6) is 1.80. The second-order valence-electron chi connectivity index (χ2n) is 6.16. The van der Waals surface area contributed by atoms with Crippen LogP contribution in [0.15, 0.2) is 0 Å². The van der Waals surface area contributed by atoms with Crippen LogP contribution < -0.4 is 5.32 Å². The summed E-state index contributed by atoms with van der Waals surface area (Å²) in [6.45, 7) is 9.85. The van der Waals surface area contributed by atoms with Crippen molar-refractivity contribution in [1.29, 1.82) is 0 Å². The summed E-state index contributed by atoms with van der Waals surface area (Å²) in [7, 11) is 0. The van der Waals surface area contributed by atoms with Gasteiger partial charge >= 0.3 is 0 Å². The first-order valence-corrected chi connectivity index (χ1v) is 8.33. The lowest BCUT2D eigenvalue weighted by Crippen LogP contribution is -2.29. The summed E-state index contributed by atoms with van der Waals surface area (Å²) < 4.78 is 5.44. The number of nitrogens with zero attached hydrogens (tertiary/aromatic N) is 3. The van der Waals surface area contributed by atoms with E-state index >= 15 is 0 Å². The molecule has 3 heterocycles. The van der Waals surface area contributed by atoms with Gasteiger partial charge in [-0.15, -0.1) is 0 Å². The summed E-state index contributed by atoms with van der Waals surface area (Å²) in [5, 5.41) is 11.0. The van der Waals surface area contributed by atoms with Gasteiger partial charge < -0.3 is 10.1 Å². The number of rotatable bonds is 4. The van der Waals surface area contributed by atoms with E-state index in [1.165, 1.54) is 0 Å². The quantitative estimate of drug-likeness (QED) is 0.907. The molecule has 0 radical (unpaired) electrons. The van der Waals surface area contributed by atoms with Crippen molar-refractivity contribution in [3.63, 3.8) is 0 Å². The van der Waals surface area contributed by atoms with Gasteiger partial charge in [0.1, 0.15) is 11.6 Å². The topological polar surface area (TPSA) is 75.7 Å². The third kappa shape index (κ3) is 3.22. The van der Waals surface area contributed by atoms with E-state index in [1.807, 2.05) is 13.8 Å². The van der Waals surface area contributed by atoms with Gasteiger partial charge in [-0.1, -0.05) is 6.92 Å². The molecule has 6 heteroatoms. The average molecular weight is 315 g/mol. The predicted octanol–water partition coefficient (Wildman–Crippen LogP) is 2.95. The number of aromatic nitrogens is 4. The van der Waals surface area contributed by atoms with Crippen LogP contribution in [0.25, 0.3) is 11.3 Å². The molecule has 0 bridgehead atoms. The Morgan fingerprint density at radius 2 is 1.91 bits per heavy atom. The third-order valence-corrected chi connectivity index (χ3v) is 4.44. The van der Waals surface area contributed by atoms with E-state index < -0.39 is 0 Å². The van der Waals surface area contributed by atoms with Crippen LogP contribution in [0.3, 0.4) is 0 Å². The normalized spacial score (nSPS) is 15.8. The molecule has 0 unspecified atom stereocenters. The average Bonchev–Trinajstić information content (AvgIpc) is 2.89. The molecule has 3 rings (SSSR count). The summed E-state index contributed by atoms with van der Waals surface area (Å²) in [6.07, 6.45) is 2.85. The van der Waals surface area contributed by atoms with E-state index in [0.29, 0.717) is 6.04 Å². The molecule has 0 aromatic carbocycles. The Kier molecular flexibility index (Phi) is 4.61. The third-order valence-electron chi connectivity index (χ3n) is 4.44. The van der Waals surface area contributed by atoms with Crippen LogP contribution in [-0.2, 0) is 11.2 Å². The minimum Gasteiger partial charge on any atom is -0.381 e. The van der Waals surface area contributed by atoms with Gasteiger partial charge in [0.15, 0.2) is 0 Å². The number of aromatic amines is 1. The Balaban J connectivity index is 2.01. The Morgan fingerprint density at radius 3 is 2.52 bits per heavy atom. The number of hydrogen-bond donors (Lipinski definition) is 2. The fraction of sp³-hybridized carbons (Fsp3) is 0.588. The molecule has 0 amide bonds. The number of anilines is 1. The Bertz CT molecular complexity index is 669. The summed E-state index contributed by atoms with van der Waals surface area (Å²) in [5.41, 5.74) is 5.18. The van der Waals surface area contributed by atoms with Gasteiger partial charge in [-0.3, -0.25) is 5.10 Å². The second kappa shape index (κ2) is 6.66. The highest BCUT2D eigenvalue weighted by Gasteiger charge is 2.20. The van der Waals surface area contributed by atoms with Crippen LogP contribution in [0.1, 0.15) is 42.5 Å². The van der Waals surface area contributed by atoms with E-state index in [1.54, 1.807) is 0 Å². The first-order valence-electron chi connectivity index (χ1n) is 8.33. The van der Waals surface area contributed by atoms with Crippen molar-refractivity contribution in [2.75, 3.05) is 18.5 Å². The maximum atomic E-state index is 5.44. The van der Waals surface area contributed by atoms with E-state index in [9.17, 15) is 0 Å². The molecule has 1 saturated heterocycles. The van der Waals surface area contributed by atoms with Crippen molar-refractivity contribution < 1.29 is 4.74 Å². The fourth-order valence-corrected chi connectivity index (χ4v) is 3.04. The van der Waals surface area contributed by atoms with E-state index in [-0.39, 0.29) is 0 Å². The van der Waals surface area contributed by atoms with Crippen molar-refractivity contribution in [1.82, 2.24) is 20.2 Å².